The van der Waals surface area contributed by atoms with Crippen LogP contribution in [0, 0.1) is 5.82 Å². The van der Waals surface area contributed by atoms with E-state index in [0.717, 1.165) is 23.1 Å². The molecule has 0 N–H and O–H groups in total. The van der Waals surface area contributed by atoms with Gasteiger partial charge in [-0.25, -0.2) is 13.2 Å². The van der Waals surface area contributed by atoms with E-state index in [1.165, 1.54) is 17.7 Å². The minimum Gasteiger partial charge on any atom is -0.207 e. The van der Waals surface area contributed by atoms with Gasteiger partial charge in [-0.3, -0.25) is 0 Å². The van der Waals surface area contributed by atoms with Crippen LogP contribution < -0.4 is 0 Å². The third-order valence-corrected chi connectivity index (χ3v) is 5.81. The average Bonchev–Trinajstić information content (AvgIpc) is 2.89. The molecule has 4 aromatic rings. The molecular formula is C31H25F3. The second kappa shape index (κ2) is 10.8. The second-order valence-electron chi connectivity index (χ2n) is 8.35. The second-order valence-corrected chi connectivity index (χ2v) is 8.35. The normalized spacial score (nSPS) is 13.1. The molecule has 0 nitrogen and oxygen atoms in total. The quantitative estimate of drug-likeness (QED) is 0.244. The van der Waals surface area contributed by atoms with Crippen LogP contribution in [0.3, 0.4) is 0 Å². The van der Waals surface area contributed by atoms with Gasteiger partial charge in [0.15, 0.2) is 11.7 Å². The minimum absolute atomic E-state index is 0.179. The molecule has 0 radical (unpaired) electrons. The summed E-state index contributed by atoms with van der Waals surface area (Å²) in [6.07, 6.45) is 4.50. The zero-order valence-corrected chi connectivity index (χ0v) is 18.9. The SMILES string of the molecule is C[C@@H](Cc1ccc(/C(F)=C(\F)c2ccc(C=Cc3ccc(F)cc3)cc2)cc1)c1ccccc1. The Labute approximate surface area is 198 Å². The van der Waals surface area contributed by atoms with Crippen molar-refractivity contribution in [3.63, 3.8) is 0 Å². The van der Waals surface area contributed by atoms with Crippen LogP contribution in [0.2, 0.25) is 0 Å². The van der Waals surface area contributed by atoms with Crippen LogP contribution in [-0.4, -0.2) is 0 Å². The van der Waals surface area contributed by atoms with Gasteiger partial charge < -0.3 is 0 Å². The monoisotopic (exact) mass is 454 g/mol. The lowest BCUT2D eigenvalue weighted by molar-refractivity contribution is 0.628. The summed E-state index contributed by atoms with van der Waals surface area (Å²) in [5.41, 5.74) is 4.40. The van der Waals surface area contributed by atoms with Gasteiger partial charge in [-0.05, 0) is 46.7 Å². The maximum Gasteiger partial charge on any atom is 0.166 e. The van der Waals surface area contributed by atoms with Crippen molar-refractivity contribution >= 4 is 23.8 Å². The largest absolute Gasteiger partial charge is 0.207 e. The Morgan fingerprint density at radius 3 is 1.65 bits per heavy atom. The molecule has 4 aromatic carbocycles. The highest BCUT2D eigenvalue weighted by Gasteiger charge is 2.12. The number of rotatable bonds is 7. The molecule has 0 fully saturated rings. The fourth-order valence-corrected chi connectivity index (χ4v) is 3.80. The summed E-state index contributed by atoms with van der Waals surface area (Å²) in [5, 5.41) is 0. The van der Waals surface area contributed by atoms with Crippen molar-refractivity contribution in [1.82, 2.24) is 0 Å². The van der Waals surface area contributed by atoms with Gasteiger partial charge in [-0.15, -0.1) is 0 Å². The van der Waals surface area contributed by atoms with Crippen LogP contribution in [0.25, 0.3) is 23.8 Å². The highest BCUT2D eigenvalue weighted by atomic mass is 19.2. The molecule has 0 aliphatic carbocycles. The first-order chi connectivity index (χ1) is 16.5. The number of halogens is 3. The van der Waals surface area contributed by atoms with E-state index in [1.54, 1.807) is 48.5 Å². The molecule has 0 saturated heterocycles. The predicted molar refractivity (Wildman–Crippen MR) is 136 cm³/mol. The molecule has 34 heavy (non-hydrogen) atoms. The molecule has 0 aliphatic rings. The summed E-state index contributed by atoms with van der Waals surface area (Å²) in [5.74, 6) is -1.72. The van der Waals surface area contributed by atoms with Crippen LogP contribution in [0.1, 0.15) is 46.2 Å². The van der Waals surface area contributed by atoms with E-state index in [9.17, 15) is 13.2 Å². The maximum atomic E-state index is 14.8. The Morgan fingerprint density at radius 2 is 1.12 bits per heavy atom. The zero-order chi connectivity index (χ0) is 23.9. The highest BCUT2D eigenvalue weighted by molar-refractivity contribution is 5.83. The molecule has 0 spiro atoms. The average molecular weight is 455 g/mol. The smallest absolute Gasteiger partial charge is 0.166 e. The molecule has 0 heterocycles. The lowest BCUT2D eigenvalue weighted by atomic mass is 9.93. The molecule has 0 aromatic heterocycles. The van der Waals surface area contributed by atoms with Crippen molar-refractivity contribution in [3.05, 3.63) is 142 Å². The van der Waals surface area contributed by atoms with Crippen LogP contribution in [-0.2, 0) is 6.42 Å². The summed E-state index contributed by atoms with van der Waals surface area (Å²) in [6.45, 7) is 2.15. The molecule has 0 amide bonds. The van der Waals surface area contributed by atoms with Crippen molar-refractivity contribution in [3.8, 4) is 0 Å². The van der Waals surface area contributed by atoms with E-state index >= 15 is 0 Å². The van der Waals surface area contributed by atoms with Crippen molar-refractivity contribution in [2.24, 2.45) is 0 Å². The fourth-order valence-electron chi connectivity index (χ4n) is 3.80. The van der Waals surface area contributed by atoms with Gasteiger partial charge >= 0.3 is 0 Å². The summed E-state index contributed by atoms with van der Waals surface area (Å²) in [4.78, 5) is 0. The van der Waals surface area contributed by atoms with Gasteiger partial charge in [0.2, 0.25) is 0 Å². The van der Waals surface area contributed by atoms with Crippen LogP contribution in [0.5, 0.6) is 0 Å². The highest BCUT2D eigenvalue weighted by Crippen LogP contribution is 2.30. The molecule has 0 saturated carbocycles. The minimum atomic E-state index is -0.889. The first-order valence-electron chi connectivity index (χ1n) is 11.2. The van der Waals surface area contributed by atoms with Crippen molar-refractivity contribution in [2.75, 3.05) is 0 Å². The van der Waals surface area contributed by atoms with Gasteiger partial charge in [-0.1, -0.05) is 110 Å². The van der Waals surface area contributed by atoms with Gasteiger partial charge in [0.1, 0.15) is 5.82 Å². The molecule has 1 atom stereocenters. The molecule has 0 unspecified atom stereocenters. The Bertz CT molecular complexity index is 1270. The van der Waals surface area contributed by atoms with E-state index in [2.05, 4.69) is 19.1 Å². The van der Waals surface area contributed by atoms with Gasteiger partial charge in [0.05, 0.1) is 0 Å². The first-order valence-corrected chi connectivity index (χ1v) is 11.2. The van der Waals surface area contributed by atoms with E-state index in [-0.39, 0.29) is 16.9 Å². The van der Waals surface area contributed by atoms with E-state index in [4.69, 9.17) is 0 Å². The molecule has 170 valence electrons. The van der Waals surface area contributed by atoms with Crippen LogP contribution in [0.4, 0.5) is 13.2 Å². The van der Waals surface area contributed by atoms with Crippen LogP contribution >= 0.6 is 0 Å². The predicted octanol–water partition coefficient (Wildman–Crippen LogP) is 9.11. The molecular weight excluding hydrogens is 429 g/mol. The van der Waals surface area contributed by atoms with Crippen molar-refractivity contribution < 1.29 is 13.2 Å². The van der Waals surface area contributed by atoms with E-state index in [0.29, 0.717) is 5.92 Å². The summed E-state index contributed by atoms with van der Waals surface area (Å²) in [6, 6.07) is 29.9. The lowest BCUT2D eigenvalue weighted by Crippen LogP contribution is -1.98. The summed E-state index contributed by atoms with van der Waals surface area (Å²) < 4.78 is 42.7. The molecule has 4 rings (SSSR count). The Morgan fingerprint density at radius 1 is 0.647 bits per heavy atom. The number of hydrogen-bond acceptors (Lipinski definition) is 0. The number of benzene rings is 4. The topological polar surface area (TPSA) is 0 Å². The third kappa shape index (κ3) is 5.93. The third-order valence-electron chi connectivity index (χ3n) is 5.81. The van der Waals surface area contributed by atoms with E-state index < -0.39 is 11.7 Å². The lowest BCUT2D eigenvalue weighted by Gasteiger charge is -2.12. The summed E-state index contributed by atoms with van der Waals surface area (Å²) in [7, 11) is 0. The van der Waals surface area contributed by atoms with Gasteiger partial charge in [0.25, 0.3) is 0 Å². The Balaban J connectivity index is 1.44. The molecule has 0 aliphatic heterocycles. The van der Waals surface area contributed by atoms with Crippen LogP contribution in [0.15, 0.2) is 103 Å². The first kappa shape index (κ1) is 23.3. The van der Waals surface area contributed by atoms with Gasteiger partial charge in [-0.2, -0.15) is 0 Å². The van der Waals surface area contributed by atoms with Crippen molar-refractivity contribution in [1.29, 1.82) is 0 Å². The summed E-state index contributed by atoms with van der Waals surface area (Å²) >= 11 is 0. The maximum absolute atomic E-state index is 14.8. The van der Waals surface area contributed by atoms with Crippen molar-refractivity contribution in [2.45, 2.75) is 19.3 Å². The van der Waals surface area contributed by atoms with Gasteiger partial charge in [0, 0.05) is 11.1 Å². The fraction of sp³-hybridized carbons (Fsp3) is 0.0968. The number of hydrogen-bond donors (Lipinski definition) is 0. The standard InChI is InChI=1S/C31H25F3/c1-22(26-5-3-2-4-6-26)21-25-11-17-28(18-12-25)31(34)30(33)27-15-9-23(10-16-27)7-8-24-13-19-29(32)20-14-24/h2-20,22H,21H2,1H3/b8-7?,31-30+/t22-/m0/s1. The molecule has 3 heteroatoms. The Kier molecular flexibility index (Phi) is 7.44. The molecule has 0 bridgehead atoms. The van der Waals surface area contributed by atoms with E-state index in [1.807, 2.05) is 42.5 Å². The zero-order valence-electron chi connectivity index (χ0n) is 18.9. The Hall–Kier alpha value is -3.85.